The highest BCUT2D eigenvalue weighted by atomic mass is 32.2. The SMILES string of the molecule is COc1ccc(S(=O)(=O)NCc2ccc(C(C)N)cc2)cn1. The molecule has 118 valence electrons. The topological polar surface area (TPSA) is 94.3 Å². The Morgan fingerprint density at radius 2 is 1.91 bits per heavy atom. The molecule has 0 saturated heterocycles. The van der Waals surface area contributed by atoms with E-state index in [9.17, 15) is 8.42 Å². The second-order valence-electron chi connectivity index (χ2n) is 4.89. The maximum atomic E-state index is 12.2. The maximum Gasteiger partial charge on any atom is 0.242 e. The second kappa shape index (κ2) is 6.87. The molecule has 0 saturated carbocycles. The van der Waals surface area contributed by atoms with Crippen LogP contribution < -0.4 is 15.2 Å². The Balaban J connectivity index is 2.05. The lowest BCUT2D eigenvalue weighted by Gasteiger charge is -2.09. The van der Waals surface area contributed by atoms with E-state index in [4.69, 9.17) is 10.5 Å². The van der Waals surface area contributed by atoms with Gasteiger partial charge in [0, 0.05) is 18.7 Å². The van der Waals surface area contributed by atoms with Crippen molar-refractivity contribution in [1.82, 2.24) is 9.71 Å². The van der Waals surface area contributed by atoms with Crippen molar-refractivity contribution >= 4 is 10.0 Å². The van der Waals surface area contributed by atoms with E-state index < -0.39 is 10.0 Å². The Morgan fingerprint density at radius 3 is 2.41 bits per heavy atom. The molecule has 7 heteroatoms. The molecule has 0 radical (unpaired) electrons. The van der Waals surface area contributed by atoms with Crippen molar-refractivity contribution in [3.63, 3.8) is 0 Å². The monoisotopic (exact) mass is 321 g/mol. The van der Waals surface area contributed by atoms with Crippen molar-refractivity contribution in [3.8, 4) is 5.88 Å². The summed E-state index contributed by atoms with van der Waals surface area (Å²) in [5, 5.41) is 0. The van der Waals surface area contributed by atoms with Crippen LogP contribution in [-0.4, -0.2) is 20.5 Å². The maximum absolute atomic E-state index is 12.2. The first-order chi connectivity index (χ1) is 10.4. The van der Waals surface area contributed by atoms with Gasteiger partial charge in [-0.05, 0) is 24.1 Å². The molecule has 0 bridgehead atoms. The van der Waals surface area contributed by atoms with E-state index in [-0.39, 0.29) is 17.5 Å². The van der Waals surface area contributed by atoms with E-state index in [0.29, 0.717) is 5.88 Å². The number of benzene rings is 1. The van der Waals surface area contributed by atoms with Gasteiger partial charge in [-0.15, -0.1) is 0 Å². The summed E-state index contributed by atoms with van der Waals surface area (Å²) in [6, 6.07) is 10.4. The number of nitrogens with two attached hydrogens (primary N) is 1. The molecule has 1 aromatic heterocycles. The average Bonchev–Trinajstić information content (AvgIpc) is 2.53. The third-order valence-electron chi connectivity index (χ3n) is 3.20. The number of nitrogens with zero attached hydrogens (tertiary/aromatic N) is 1. The molecule has 0 aliphatic heterocycles. The summed E-state index contributed by atoms with van der Waals surface area (Å²) >= 11 is 0. The highest BCUT2D eigenvalue weighted by Gasteiger charge is 2.14. The van der Waals surface area contributed by atoms with E-state index in [1.54, 1.807) is 0 Å². The van der Waals surface area contributed by atoms with Crippen LogP contribution in [0.25, 0.3) is 0 Å². The smallest absolute Gasteiger partial charge is 0.242 e. The van der Waals surface area contributed by atoms with E-state index in [2.05, 4.69) is 9.71 Å². The molecule has 1 aromatic carbocycles. The van der Waals surface area contributed by atoms with Gasteiger partial charge in [0.05, 0.1) is 13.3 Å². The molecule has 2 rings (SSSR count). The van der Waals surface area contributed by atoms with Crippen LogP contribution >= 0.6 is 0 Å². The summed E-state index contributed by atoms with van der Waals surface area (Å²) in [6.45, 7) is 2.10. The highest BCUT2D eigenvalue weighted by Crippen LogP contribution is 2.14. The van der Waals surface area contributed by atoms with E-state index >= 15 is 0 Å². The third kappa shape index (κ3) is 4.03. The third-order valence-corrected chi connectivity index (χ3v) is 4.59. The Hall–Kier alpha value is -1.96. The van der Waals surface area contributed by atoms with Gasteiger partial charge >= 0.3 is 0 Å². The lowest BCUT2D eigenvalue weighted by molar-refractivity contribution is 0.397. The predicted molar refractivity (Wildman–Crippen MR) is 83.9 cm³/mol. The number of aromatic nitrogens is 1. The minimum absolute atomic E-state index is 0.0453. The first kappa shape index (κ1) is 16.4. The van der Waals surface area contributed by atoms with Gasteiger partial charge in [0.25, 0.3) is 0 Å². The molecule has 0 amide bonds. The molecule has 3 N–H and O–H groups in total. The molecule has 0 aliphatic rings. The molecular weight excluding hydrogens is 302 g/mol. The largest absolute Gasteiger partial charge is 0.481 e. The Bertz CT molecular complexity index is 711. The van der Waals surface area contributed by atoms with E-state index in [1.165, 1.54) is 25.4 Å². The van der Waals surface area contributed by atoms with Crippen LogP contribution in [0.4, 0.5) is 0 Å². The summed E-state index contributed by atoms with van der Waals surface area (Å²) in [5.74, 6) is 0.366. The summed E-state index contributed by atoms with van der Waals surface area (Å²) in [4.78, 5) is 3.99. The van der Waals surface area contributed by atoms with Crippen LogP contribution in [0.3, 0.4) is 0 Å². The fourth-order valence-corrected chi connectivity index (χ4v) is 2.81. The van der Waals surface area contributed by atoms with Crippen LogP contribution in [-0.2, 0) is 16.6 Å². The minimum atomic E-state index is -3.60. The molecule has 0 aliphatic carbocycles. The Morgan fingerprint density at radius 1 is 1.23 bits per heavy atom. The van der Waals surface area contributed by atoms with Gasteiger partial charge in [-0.3, -0.25) is 0 Å². The number of methoxy groups -OCH3 is 1. The standard InChI is InChI=1S/C15H19N3O3S/c1-11(16)13-5-3-12(4-6-13)9-18-22(19,20)14-7-8-15(21-2)17-10-14/h3-8,10-11,18H,9,16H2,1-2H3. The van der Waals surface area contributed by atoms with Gasteiger partial charge in [-0.25, -0.2) is 18.1 Å². The number of hydrogen-bond acceptors (Lipinski definition) is 5. The summed E-state index contributed by atoms with van der Waals surface area (Å²) in [6.07, 6.45) is 1.26. The van der Waals surface area contributed by atoms with Gasteiger partial charge in [-0.2, -0.15) is 0 Å². The average molecular weight is 321 g/mol. The van der Waals surface area contributed by atoms with Crippen LogP contribution in [0.1, 0.15) is 24.1 Å². The highest BCUT2D eigenvalue weighted by molar-refractivity contribution is 7.89. The number of nitrogens with one attached hydrogen (secondary N) is 1. The summed E-state index contributed by atoms with van der Waals surface area (Å²) in [5.41, 5.74) is 7.64. The molecule has 1 unspecified atom stereocenters. The normalized spacial score (nSPS) is 12.9. The zero-order chi connectivity index (χ0) is 16.2. The number of sulfonamides is 1. The van der Waals surface area contributed by atoms with Gasteiger partial charge in [0.15, 0.2) is 0 Å². The quantitative estimate of drug-likeness (QED) is 0.842. The van der Waals surface area contributed by atoms with E-state index in [1.807, 2.05) is 31.2 Å². The predicted octanol–water partition coefficient (Wildman–Crippen LogP) is 1.59. The Kier molecular flexibility index (Phi) is 5.12. The van der Waals surface area contributed by atoms with Gasteiger partial charge in [-0.1, -0.05) is 24.3 Å². The van der Waals surface area contributed by atoms with Crippen LogP contribution in [0, 0.1) is 0 Å². The fourth-order valence-electron chi connectivity index (χ4n) is 1.85. The summed E-state index contributed by atoms with van der Waals surface area (Å²) < 4.78 is 31.8. The molecule has 1 atom stereocenters. The number of ether oxygens (including phenoxy) is 1. The van der Waals surface area contributed by atoms with Gasteiger partial charge in [0.1, 0.15) is 4.90 Å². The number of rotatable bonds is 6. The minimum Gasteiger partial charge on any atom is -0.481 e. The van der Waals surface area contributed by atoms with E-state index in [0.717, 1.165) is 11.1 Å². The van der Waals surface area contributed by atoms with Crippen molar-refractivity contribution in [2.45, 2.75) is 24.4 Å². The van der Waals surface area contributed by atoms with Crippen molar-refractivity contribution in [3.05, 3.63) is 53.7 Å². The number of pyridine rings is 1. The second-order valence-corrected chi connectivity index (χ2v) is 6.66. The lowest BCUT2D eigenvalue weighted by atomic mass is 10.1. The Labute approximate surface area is 130 Å². The van der Waals surface area contributed by atoms with Crippen molar-refractivity contribution in [2.75, 3.05) is 7.11 Å². The van der Waals surface area contributed by atoms with Crippen molar-refractivity contribution in [2.24, 2.45) is 5.73 Å². The molecule has 22 heavy (non-hydrogen) atoms. The van der Waals surface area contributed by atoms with Crippen molar-refractivity contribution < 1.29 is 13.2 Å². The molecule has 1 heterocycles. The number of hydrogen-bond donors (Lipinski definition) is 2. The zero-order valence-corrected chi connectivity index (χ0v) is 13.3. The van der Waals surface area contributed by atoms with Crippen molar-refractivity contribution in [1.29, 1.82) is 0 Å². The van der Waals surface area contributed by atoms with Gasteiger partial charge < -0.3 is 10.5 Å². The van der Waals surface area contributed by atoms with Crippen LogP contribution in [0.2, 0.25) is 0 Å². The molecular formula is C15H19N3O3S. The van der Waals surface area contributed by atoms with Gasteiger partial charge in [0.2, 0.25) is 15.9 Å². The summed E-state index contributed by atoms with van der Waals surface area (Å²) in [7, 11) is -2.13. The first-order valence-electron chi connectivity index (χ1n) is 6.76. The van der Waals surface area contributed by atoms with Crippen LogP contribution in [0.5, 0.6) is 5.88 Å². The fraction of sp³-hybridized carbons (Fsp3) is 0.267. The molecule has 2 aromatic rings. The molecule has 0 spiro atoms. The van der Waals surface area contributed by atoms with Crippen LogP contribution in [0.15, 0.2) is 47.5 Å². The molecule has 6 nitrogen and oxygen atoms in total. The molecule has 0 fully saturated rings. The zero-order valence-electron chi connectivity index (χ0n) is 12.5. The lowest BCUT2D eigenvalue weighted by Crippen LogP contribution is -2.23. The first-order valence-corrected chi connectivity index (χ1v) is 8.25.